The molecule has 1 unspecified atom stereocenters. The highest BCUT2D eigenvalue weighted by Gasteiger charge is 2.21. The first-order valence-corrected chi connectivity index (χ1v) is 5.63. The van der Waals surface area contributed by atoms with Gasteiger partial charge in [-0.25, -0.2) is 4.79 Å². The molecule has 16 heavy (non-hydrogen) atoms. The predicted molar refractivity (Wildman–Crippen MR) is 60.1 cm³/mol. The molecular weight excluding hydrogens is 230 g/mol. The van der Waals surface area contributed by atoms with Crippen LogP contribution in [0, 0.1) is 0 Å². The van der Waals surface area contributed by atoms with Crippen LogP contribution in [0.25, 0.3) is 0 Å². The van der Waals surface area contributed by atoms with Gasteiger partial charge in [-0.3, -0.25) is 4.79 Å². The molecule has 0 fully saturated rings. The minimum absolute atomic E-state index is 0.342. The number of nitrogens with one attached hydrogen (secondary N) is 1. The number of aliphatic carboxylic acids is 1. The maximum atomic E-state index is 11.7. The Bertz CT molecular complexity index is 388. The zero-order valence-electron chi connectivity index (χ0n) is 9.02. The molecule has 0 bridgehead atoms. The number of amides is 1. The quantitative estimate of drug-likeness (QED) is 0.818. The van der Waals surface area contributed by atoms with Crippen LogP contribution in [0.1, 0.15) is 23.0 Å². The van der Waals surface area contributed by atoms with Gasteiger partial charge in [0.25, 0.3) is 5.91 Å². The highest BCUT2D eigenvalue weighted by molar-refractivity contribution is 7.12. The second-order valence-corrected chi connectivity index (χ2v) is 4.01. The Morgan fingerprint density at radius 2 is 2.31 bits per heavy atom. The van der Waals surface area contributed by atoms with Crippen molar-refractivity contribution < 1.29 is 19.4 Å². The molecule has 0 radical (unpaired) electrons. The van der Waals surface area contributed by atoms with Gasteiger partial charge in [0.2, 0.25) is 0 Å². The van der Waals surface area contributed by atoms with Crippen molar-refractivity contribution in [1.82, 2.24) is 5.32 Å². The second-order valence-electron chi connectivity index (χ2n) is 3.09. The van der Waals surface area contributed by atoms with Crippen LogP contribution in [0.2, 0.25) is 0 Å². The van der Waals surface area contributed by atoms with Crippen molar-refractivity contribution in [2.24, 2.45) is 0 Å². The maximum Gasteiger partial charge on any atom is 0.326 e. The molecule has 1 heterocycles. The van der Waals surface area contributed by atoms with E-state index in [1.807, 2.05) is 0 Å². The number of rotatable bonds is 5. The largest absolute Gasteiger partial charge is 0.495 e. The van der Waals surface area contributed by atoms with E-state index in [1.165, 1.54) is 18.4 Å². The van der Waals surface area contributed by atoms with Gasteiger partial charge >= 0.3 is 5.97 Å². The van der Waals surface area contributed by atoms with Crippen LogP contribution in [0.15, 0.2) is 11.4 Å². The molecule has 0 aliphatic heterocycles. The van der Waals surface area contributed by atoms with Gasteiger partial charge in [-0.15, -0.1) is 11.3 Å². The lowest BCUT2D eigenvalue weighted by Crippen LogP contribution is -2.40. The highest BCUT2D eigenvalue weighted by Crippen LogP contribution is 2.24. The topological polar surface area (TPSA) is 75.6 Å². The van der Waals surface area contributed by atoms with Crippen LogP contribution in [-0.2, 0) is 4.79 Å². The predicted octanol–water partition coefficient (Wildman–Crippen LogP) is 1.35. The Morgan fingerprint density at radius 1 is 1.62 bits per heavy atom. The number of carboxylic acid groups (broad SMARTS) is 1. The van der Waals surface area contributed by atoms with E-state index in [0.29, 0.717) is 17.0 Å². The SMILES string of the molecule is CCC(NC(=O)c1sccc1OC)C(=O)O. The van der Waals surface area contributed by atoms with Gasteiger partial charge in [0.1, 0.15) is 16.7 Å². The smallest absolute Gasteiger partial charge is 0.326 e. The second kappa shape index (κ2) is 5.50. The number of thiophene rings is 1. The van der Waals surface area contributed by atoms with Gasteiger partial charge in [0.15, 0.2) is 0 Å². The number of carbonyl (C=O) groups excluding carboxylic acids is 1. The van der Waals surface area contributed by atoms with E-state index in [4.69, 9.17) is 9.84 Å². The summed E-state index contributed by atoms with van der Waals surface area (Å²) in [6.07, 6.45) is 0.342. The minimum Gasteiger partial charge on any atom is -0.495 e. The fourth-order valence-corrected chi connectivity index (χ4v) is 1.95. The summed E-state index contributed by atoms with van der Waals surface area (Å²) >= 11 is 1.22. The normalized spacial score (nSPS) is 11.9. The molecule has 0 saturated carbocycles. The fourth-order valence-electron chi connectivity index (χ4n) is 1.19. The molecular formula is C10H13NO4S. The third kappa shape index (κ3) is 2.73. The highest BCUT2D eigenvalue weighted by atomic mass is 32.1. The molecule has 0 saturated heterocycles. The Labute approximate surface area is 97.0 Å². The molecule has 88 valence electrons. The Hall–Kier alpha value is -1.56. The van der Waals surface area contributed by atoms with Crippen LogP contribution < -0.4 is 10.1 Å². The first kappa shape index (κ1) is 12.5. The van der Waals surface area contributed by atoms with Crippen molar-refractivity contribution in [3.8, 4) is 5.75 Å². The van der Waals surface area contributed by atoms with Crippen molar-refractivity contribution in [3.05, 3.63) is 16.3 Å². The van der Waals surface area contributed by atoms with Gasteiger partial charge in [-0.05, 0) is 17.9 Å². The average Bonchev–Trinajstić information content (AvgIpc) is 2.72. The third-order valence-corrected chi connectivity index (χ3v) is 2.96. The maximum absolute atomic E-state index is 11.7. The van der Waals surface area contributed by atoms with Crippen molar-refractivity contribution in [2.75, 3.05) is 7.11 Å². The summed E-state index contributed by atoms with van der Waals surface area (Å²) in [4.78, 5) is 22.9. The molecule has 1 aromatic heterocycles. The number of hydrogen-bond donors (Lipinski definition) is 2. The summed E-state index contributed by atoms with van der Waals surface area (Å²) in [5.74, 6) is -0.991. The number of methoxy groups -OCH3 is 1. The van der Waals surface area contributed by atoms with Gasteiger partial charge in [-0.2, -0.15) is 0 Å². The summed E-state index contributed by atoms with van der Waals surface area (Å²) in [5.41, 5.74) is 0. The van der Waals surface area contributed by atoms with E-state index in [9.17, 15) is 9.59 Å². The van der Waals surface area contributed by atoms with Crippen molar-refractivity contribution in [1.29, 1.82) is 0 Å². The van der Waals surface area contributed by atoms with Gasteiger partial charge in [-0.1, -0.05) is 6.92 Å². The van der Waals surface area contributed by atoms with Crippen LogP contribution >= 0.6 is 11.3 Å². The molecule has 2 N–H and O–H groups in total. The van der Waals surface area contributed by atoms with E-state index in [-0.39, 0.29) is 0 Å². The Balaban J connectivity index is 2.75. The standard InChI is InChI=1S/C10H13NO4S/c1-3-6(10(13)14)11-9(12)8-7(15-2)4-5-16-8/h4-6H,3H2,1-2H3,(H,11,12)(H,13,14). The van der Waals surface area contributed by atoms with Gasteiger partial charge in [0.05, 0.1) is 7.11 Å². The molecule has 6 heteroatoms. The number of hydrogen-bond acceptors (Lipinski definition) is 4. The third-order valence-electron chi connectivity index (χ3n) is 2.07. The summed E-state index contributed by atoms with van der Waals surface area (Å²) in [6.45, 7) is 1.70. The summed E-state index contributed by atoms with van der Waals surface area (Å²) in [7, 11) is 1.47. The zero-order valence-corrected chi connectivity index (χ0v) is 9.84. The molecule has 5 nitrogen and oxygen atoms in total. The van der Waals surface area contributed by atoms with E-state index < -0.39 is 17.9 Å². The van der Waals surface area contributed by atoms with Crippen LogP contribution in [-0.4, -0.2) is 30.1 Å². The lowest BCUT2D eigenvalue weighted by Gasteiger charge is -2.11. The van der Waals surface area contributed by atoms with Gasteiger partial charge < -0.3 is 15.2 Å². The average molecular weight is 243 g/mol. The first-order valence-electron chi connectivity index (χ1n) is 4.75. The molecule has 1 aromatic rings. The van der Waals surface area contributed by atoms with E-state index in [0.717, 1.165) is 0 Å². The van der Waals surface area contributed by atoms with E-state index in [2.05, 4.69) is 5.32 Å². The molecule has 0 aliphatic rings. The van der Waals surface area contributed by atoms with E-state index in [1.54, 1.807) is 18.4 Å². The van der Waals surface area contributed by atoms with Crippen molar-refractivity contribution in [2.45, 2.75) is 19.4 Å². The lowest BCUT2D eigenvalue weighted by molar-refractivity contribution is -0.139. The number of carbonyl (C=O) groups is 2. The molecule has 1 amide bonds. The Kier molecular flexibility index (Phi) is 4.30. The summed E-state index contributed by atoms with van der Waals surface area (Å²) < 4.78 is 4.98. The molecule has 0 aromatic carbocycles. The Morgan fingerprint density at radius 3 is 2.81 bits per heavy atom. The van der Waals surface area contributed by atoms with Crippen molar-refractivity contribution in [3.63, 3.8) is 0 Å². The van der Waals surface area contributed by atoms with Crippen LogP contribution in [0.5, 0.6) is 5.75 Å². The molecule has 0 spiro atoms. The first-order chi connectivity index (χ1) is 7.60. The number of carboxylic acids is 1. The minimum atomic E-state index is -1.04. The monoisotopic (exact) mass is 243 g/mol. The molecule has 1 rings (SSSR count). The lowest BCUT2D eigenvalue weighted by atomic mass is 10.2. The van der Waals surface area contributed by atoms with Gasteiger partial charge in [0, 0.05) is 0 Å². The van der Waals surface area contributed by atoms with Crippen LogP contribution in [0.4, 0.5) is 0 Å². The molecule has 1 atom stereocenters. The summed E-state index contributed by atoms with van der Waals surface area (Å²) in [5, 5.41) is 13.0. The number of ether oxygens (including phenoxy) is 1. The van der Waals surface area contributed by atoms with Crippen molar-refractivity contribution >= 4 is 23.2 Å². The molecule has 0 aliphatic carbocycles. The zero-order chi connectivity index (χ0) is 12.1. The van der Waals surface area contributed by atoms with E-state index >= 15 is 0 Å². The fraction of sp³-hybridized carbons (Fsp3) is 0.400. The van der Waals surface area contributed by atoms with Crippen LogP contribution in [0.3, 0.4) is 0 Å². The summed E-state index contributed by atoms with van der Waals surface area (Å²) in [6, 6.07) is 0.806.